The maximum absolute atomic E-state index is 13.4. The topological polar surface area (TPSA) is 90.2 Å². The molecule has 0 bridgehead atoms. The summed E-state index contributed by atoms with van der Waals surface area (Å²) >= 11 is 0. The average Bonchev–Trinajstić information content (AvgIpc) is 2.34. The van der Waals surface area contributed by atoms with E-state index in [2.05, 4.69) is 0 Å². The molecule has 21 heavy (non-hydrogen) atoms. The molecule has 0 heterocycles. The van der Waals surface area contributed by atoms with Crippen molar-refractivity contribution < 1.29 is 27.9 Å². The number of carbonyl (C=O) groups is 2. The molecule has 0 aliphatic rings. The van der Waals surface area contributed by atoms with Gasteiger partial charge >= 0.3 is 5.97 Å². The zero-order chi connectivity index (χ0) is 16.2. The van der Waals surface area contributed by atoms with Gasteiger partial charge in [0.25, 0.3) is 5.91 Å². The number of carbonyl (C=O) groups excluding carboxylic acids is 1. The number of carboxylic acids is 1. The van der Waals surface area contributed by atoms with Crippen LogP contribution in [0.5, 0.6) is 0 Å². The molecule has 0 spiro atoms. The molecule has 2 N–H and O–H groups in total. The van der Waals surface area contributed by atoms with Gasteiger partial charge in [-0.3, -0.25) is 4.79 Å². The number of carboxylic acid groups (broad SMARTS) is 1. The van der Waals surface area contributed by atoms with Crippen LogP contribution in [0.1, 0.15) is 23.7 Å². The molecule has 0 saturated heterocycles. The molecular formula is C13H11F3N2O3. The highest BCUT2D eigenvalue weighted by Crippen LogP contribution is 2.16. The summed E-state index contributed by atoms with van der Waals surface area (Å²) in [5.74, 6) is -7.64. The lowest BCUT2D eigenvalue weighted by atomic mass is 9.98. The fourth-order valence-electron chi connectivity index (χ4n) is 1.68. The van der Waals surface area contributed by atoms with Crippen molar-refractivity contribution in [1.29, 1.82) is 5.26 Å². The van der Waals surface area contributed by atoms with Gasteiger partial charge in [0.2, 0.25) is 0 Å². The van der Waals surface area contributed by atoms with Crippen LogP contribution in [-0.2, 0) is 4.79 Å². The molecule has 1 amide bonds. The van der Waals surface area contributed by atoms with Crippen molar-refractivity contribution in [3.05, 3.63) is 35.1 Å². The van der Waals surface area contributed by atoms with Crippen LogP contribution in [-0.4, -0.2) is 23.0 Å². The molecule has 0 aromatic heterocycles. The monoisotopic (exact) mass is 300 g/mol. The molecule has 0 aliphatic carbocycles. The third-order valence-electron chi connectivity index (χ3n) is 2.77. The summed E-state index contributed by atoms with van der Waals surface area (Å²) in [7, 11) is 0. The van der Waals surface area contributed by atoms with Crippen molar-refractivity contribution in [2.24, 2.45) is 5.92 Å². The number of nitrogens with one attached hydrogen (secondary N) is 1. The lowest BCUT2D eigenvalue weighted by Crippen LogP contribution is -2.45. The van der Waals surface area contributed by atoms with Gasteiger partial charge < -0.3 is 10.4 Å². The maximum atomic E-state index is 13.4. The van der Waals surface area contributed by atoms with Gasteiger partial charge in [0.15, 0.2) is 0 Å². The summed E-state index contributed by atoms with van der Waals surface area (Å²) in [6.45, 7) is 1.39. The molecule has 1 aromatic rings. The van der Waals surface area contributed by atoms with Gasteiger partial charge in [0.05, 0.1) is 6.07 Å². The predicted octanol–water partition coefficient (Wildman–Crippen LogP) is 1.84. The van der Waals surface area contributed by atoms with Crippen LogP contribution < -0.4 is 5.32 Å². The molecule has 1 aromatic carbocycles. The normalized spacial score (nSPS) is 13.1. The van der Waals surface area contributed by atoms with Gasteiger partial charge in [0.1, 0.15) is 29.1 Å². The molecule has 5 nitrogen and oxygen atoms in total. The number of aliphatic carboxylic acids is 1. The molecule has 0 saturated carbocycles. The lowest BCUT2D eigenvalue weighted by molar-refractivity contribution is -0.140. The highest BCUT2D eigenvalue weighted by Gasteiger charge is 2.29. The maximum Gasteiger partial charge on any atom is 0.326 e. The van der Waals surface area contributed by atoms with Crippen LogP contribution in [0, 0.1) is 34.7 Å². The number of hydrogen-bond donors (Lipinski definition) is 2. The van der Waals surface area contributed by atoms with Crippen LogP contribution in [0.3, 0.4) is 0 Å². The quantitative estimate of drug-likeness (QED) is 0.868. The summed E-state index contributed by atoms with van der Waals surface area (Å²) < 4.78 is 39.6. The minimum Gasteiger partial charge on any atom is -0.480 e. The van der Waals surface area contributed by atoms with Crippen LogP contribution >= 0.6 is 0 Å². The Morgan fingerprint density at radius 1 is 1.33 bits per heavy atom. The number of nitriles is 1. The van der Waals surface area contributed by atoms with Crippen LogP contribution in [0.15, 0.2) is 12.1 Å². The van der Waals surface area contributed by atoms with E-state index >= 15 is 0 Å². The number of rotatable bonds is 5. The molecule has 0 aliphatic heterocycles. The highest BCUT2D eigenvalue weighted by molar-refractivity contribution is 5.97. The predicted molar refractivity (Wildman–Crippen MR) is 64.6 cm³/mol. The largest absolute Gasteiger partial charge is 0.480 e. The Morgan fingerprint density at radius 3 is 2.29 bits per heavy atom. The van der Waals surface area contributed by atoms with Crippen LogP contribution in [0.25, 0.3) is 0 Å². The molecule has 2 atom stereocenters. The summed E-state index contributed by atoms with van der Waals surface area (Å²) in [4.78, 5) is 22.8. The number of benzene rings is 1. The van der Waals surface area contributed by atoms with Crippen molar-refractivity contribution >= 4 is 11.9 Å². The molecule has 1 rings (SSSR count). The SMILES string of the molecule is C[C@@H](CC#N)[C@H](NC(=O)c1c(F)cc(F)cc1F)C(=O)O. The molecule has 0 radical (unpaired) electrons. The van der Waals surface area contributed by atoms with Crippen molar-refractivity contribution in [2.75, 3.05) is 0 Å². The number of amides is 1. The van der Waals surface area contributed by atoms with E-state index in [1.807, 2.05) is 5.32 Å². The van der Waals surface area contributed by atoms with Crippen LogP contribution in [0.2, 0.25) is 0 Å². The van der Waals surface area contributed by atoms with Gasteiger partial charge in [-0.05, 0) is 0 Å². The third kappa shape index (κ3) is 3.95. The van der Waals surface area contributed by atoms with E-state index in [0.717, 1.165) is 0 Å². The zero-order valence-corrected chi connectivity index (χ0v) is 10.9. The summed E-state index contributed by atoms with van der Waals surface area (Å²) in [6.07, 6.45) is -0.175. The van der Waals surface area contributed by atoms with E-state index in [-0.39, 0.29) is 6.42 Å². The van der Waals surface area contributed by atoms with Crippen molar-refractivity contribution in [2.45, 2.75) is 19.4 Å². The lowest BCUT2D eigenvalue weighted by Gasteiger charge is -2.19. The molecular weight excluding hydrogens is 289 g/mol. The third-order valence-corrected chi connectivity index (χ3v) is 2.77. The Bertz CT molecular complexity index is 590. The van der Waals surface area contributed by atoms with E-state index in [4.69, 9.17) is 10.4 Å². The smallest absolute Gasteiger partial charge is 0.326 e. The number of hydrogen-bond acceptors (Lipinski definition) is 3. The minimum atomic E-state index is -1.50. The van der Waals surface area contributed by atoms with E-state index in [9.17, 15) is 22.8 Å². The molecule has 112 valence electrons. The van der Waals surface area contributed by atoms with Gasteiger partial charge in [0, 0.05) is 24.5 Å². The first-order valence-electron chi connectivity index (χ1n) is 5.83. The van der Waals surface area contributed by atoms with Gasteiger partial charge in [-0.2, -0.15) is 5.26 Å². The summed E-state index contributed by atoms with van der Waals surface area (Å²) in [6, 6.07) is 0.859. The van der Waals surface area contributed by atoms with E-state index in [1.54, 1.807) is 6.07 Å². The zero-order valence-electron chi connectivity index (χ0n) is 10.9. The standard InChI is InChI=1S/C13H11F3N2O3/c1-6(2-3-17)11(13(20)21)18-12(19)10-8(15)4-7(14)5-9(10)16/h4-6,11H,2H2,1H3,(H,18,19)(H,20,21)/t6-,11-/m0/s1. The number of nitrogens with zero attached hydrogens (tertiary/aromatic N) is 1. The van der Waals surface area contributed by atoms with Gasteiger partial charge in [-0.1, -0.05) is 6.92 Å². The molecule has 0 unspecified atom stereocenters. The first kappa shape index (κ1) is 16.5. The fraction of sp³-hybridized carbons (Fsp3) is 0.308. The Hall–Kier alpha value is -2.56. The summed E-state index contributed by atoms with van der Waals surface area (Å²) in [5, 5.41) is 19.4. The number of halogens is 3. The van der Waals surface area contributed by atoms with Crippen molar-refractivity contribution in [3.8, 4) is 6.07 Å². The fourth-order valence-corrected chi connectivity index (χ4v) is 1.68. The Labute approximate surface area is 118 Å². The van der Waals surface area contributed by atoms with Crippen LogP contribution in [0.4, 0.5) is 13.2 Å². The first-order chi connectivity index (χ1) is 9.77. The molecule has 8 heteroatoms. The van der Waals surface area contributed by atoms with Gasteiger partial charge in [-0.25, -0.2) is 18.0 Å². The Morgan fingerprint density at radius 2 is 1.86 bits per heavy atom. The average molecular weight is 300 g/mol. The second-order valence-electron chi connectivity index (χ2n) is 4.37. The highest BCUT2D eigenvalue weighted by atomic mass is 19.1. The Balaban J connectivity index is 3.04. The van der Waals surface area contributed by atoms with Gasteiger partial charge in [-0.15, -0.1) is 0 Å². The second-order valence-corrected chi connectivity index (χ2v) is 4.37. The Kier molecular flexibility index (Phi) is 5.30. The van der Waals surface area contributed by atoms with E-state index in [1.165, 1.54) is 6.92 Å². The summed E-state index contributed by atoms with van der Waals surface area (Å²) in [5.41, 5.74) is -1.08. The van der Waals surface area contributed by atoms with E-state index in [0.29, 0.717) is 12.1 Å². The van der Waals surface area contributed by atoms with E-state index < -0.39 is 46.9 Å². The van der Waals surface area contributed by atoms with Crippen molar-refractivity contribution in [1.82, 2.24) is 5.32 Å². The van der Waals surface area contributed by atoms with Crippen molar-refractivity contribution in [3.63, 3.8) is 0 Å². The second kappa shape index (κ2) is 6.74. The minimum absolute atomic E-state index is 0.175. The first-order valence-corrected chi connectivity index (χ1v) is 5.83. The molecule has 0 fully saturated rings.